The van der Waals surface area contributed by atoms with Gasteiger partial charge in [-0.1, -0.05) is 23.7 Å². The monoisotopic (exact) mass is 549 g/mol. The van der Waals surface area contributed by atoms with Crippen LogP contribution in [0.4, 0.5) is 35.2 Å². The Kier molecular flexibility index (Phi) is 7.03. The first kappa shape index (κ1) is 26.0. The van der Waals surface area contributed by atoms with Crippen LogP contribution < -0.4 is 19.9 Å². The number of rotatable bonds is 6. The number of fused-ring (bicyclic) bond motifs is 4. The number of alkyl halides is 3. The summed E-state index contributed by atoms with van der Waals surface area (Å²) in [6, 6.07) is 8.78. The highest BCUT2D eigenvalue weighted by Crippen LogP contribution is 2.43. The van der Waals surface area contributed by atoms with Gasteiger partial charge < -0.3 is 25.2 Å². The molecule has 2 aliphatic heterocycles. The van der Waals surface area contributed by atoms with E-state index < -0.39 is 30.5 Å². The van der Waals surface area contributed by atoms with Crippen molar-refractivity contribution in [2.24, 2.45) is 0 Å². The standard InChI is InChI=1S/C25H23ClF3N5O4/c26-19-9-20-23(32-22(19)14-2-1-3-15(8-14)25(27,28)29)34(17-6-7-33(20)11-17)24(37)31-16-4-5-21(30-10-16)38-13-18(36)12-35/h1-5,8-10,17-18,35-36H,6-7,11-13H2,(H,31,37)/t17-,18?/m0/s1. The zero-order valence-corrected chi connectivity index (χ0v) is 20.6. The van der Waals surface area contributed by atoms with Gasteiger partial charge >= 0.3 is 12.2 Å². The van der Waals surface area contributed by atoms with Gasteiger partial charge in [-0.2, -0.15) is 13.2 Å². The molecule has 1 unspecified atom stereocenters. The Morgan fingerprint density at radius 1 is 1.26 bits per heavy atom. The third-order valence-electron chi connectivity index (χ3n) is 6.34. The molecule has 9 nitrogen and oxygen atoms in total. The van der Waals surface area contributed by atoms with Crippen LogP contribution in [0.25, 0.3) is 11.3 Å². The molecule has 2 aromatic heterocycles. The molecular formula is C25H23ClF3N5O4. The number of amides is 2. The smallest absolute Gasteiger partial charge is 0.416 e. The fourth-order valence-electron chi connectivity index (χ4n) is 4.49. The van der Waals surface area contributed by atoms with E-state index in [1.54, 1.807) is 12.1 Å². The number of aliphatic hydroxyl groups excluding tert-OH is 2. The van der Waals surface area contributed by atoms with E-state index >= 15 is 0 Å². The van der Waals surface area contributed by atoms with E-state index in [0.29, 0.717) is 36.7 Å². The van der Waals surface area contributed by atoms with Crippen LogP contribution in [0.2, 0.25) is 5.02 Å². The second-order valence-electron chi connectivity index (χ2n) is 8.96. The number of anilines is 3. The van der Waals surface area contributed by atoms with Gasteiger partial charge in [0.2, 0.25) is 5.88 Å². The highest BCUT2D eigenvalue weighted by Gasteiger charge is 2.41. The van der Waals surface area contributed by atoms with E-state index in [9.17, 15) is 23.1 Å². The van der Waals surface area contributed by atoms with Gasteiger partial charge in [-0.25, -0.2) is 14.8 Å². The average Bonchev–Trinajstić information content (AvgIpc) is 3.32. The summed E-state index contributed by atoms with van der Waals surface area (Å²) in [6.07, 6.45) is -3.50. The Morgan fingerprint density at radius 3 is 2.79 bits per heavy atom. The molecule has 1 aromatic carbocycles. The third-order valence-corrected chi connectivity index (χ3v) is 6.63. The minimum atomic E-state index is -4.53. The average molecular weight is 550 g/mol. The van der Waals surface area contributed by atoms with E-state index in [1.165, 1.54) is 29.3 Å². The van der Waals surface area contributed by atoms with Gasteiger partial charge in [-0.15, -0.1) is 0 Å². The summed E-state index contributed by atoms with van der Waals surface area (Å²) in [5.74, 6) is 0.506. The van der Waals surface area contributed by atoms with Crippen LogP contribution in [0.3, 0.4) is 0 Å². The van der Waals surface area contributed by atoms with E-state index in [-0.39, 0.29) is 34.8 Å². The number of pyridine rings is 2. The molecule has 4 heterocycles. The summed E-state index contributed by atoms with van der Waals surface area (Å²) in [6.45, 7) is 0.661. The highest BCUT2D eigenvalue weighted by molar-refractivity contribution is 6.33. The summed E-state index contributed by atoms with van der Waals surface area (Å²) >= 11 is 6.49. The molecule has 0 radical (unpaired) electrons. The van der Waals surface area contributed by atoms with E-state index in [4.69, 9.17) is 21.4 Å². The normalized spacial score (nSPS) is 17.3. The predicted octanol–water partition coefficient (Wildman–Crippen LogP) is 4.18. The lowest BCUT2D eigenvalue weighted by atomic mass is 10.1. The molecule has 1 fully saturated rings. The van der Waals surface area contributed by atoms with Gasteiger partial charge in [0.25, 0.3) is 0 Å². The van der Waals surface area contributed by atoms with Crippen molar-refractivity contribution in [3.05, 3.63) is 59.2 Å². The summed E-state index contributed by atoms with van der Waals surface area (Å²) in [7, 11) is 0. The maximum absolute atomic E-state index is 13.4. The number of carbonyl (C=O) groups excluding carboxylic acids is 1. The summed E-state index contributed by atoms with van der Waals surface area (Å²) in [5.41, 5.74) is 0.505. The topological polar surface area (TPSA) is 111 Å². The fourth-order valence-corrected chi connectivity index (χ4v) is 4.74. The molecule has 2 bridgehead atoms. The number of benzene rings is 1. The zero-order chi connectivity index (χ0) is 27.0. The molecule has 1 saturated heterocycles. The maximum Gasteiger partial charge on any atom is 0.416 e. The molecular weight excluding hydrogens is 527 g/mol. The number of hydrogen-bond acceptors (Lipinski definition) is 7. The van der Waals surface area contributed by atoms with E-state index in [2.05, 4.69) is 15.3 Å². The molecule has 3 aromatic rings. The van der Waals surface area contributed by atoms with Crippen molar-refractivity contribution in [1.82, 2.24) is 9.97 Å². The van der Waals surface area contributed by atoms with Crippen molar-refractivity contribution in [2.75, 3.05) is 41.4 Å². The number of halogens is 4. The van der Waals surface area contributed by atoms with Gasteiger partial charge in [0.1, 0.15) is 12.7 Å². The number of ether oxygens (including phenoxy) is 1. The number of hydrogen-bond donors (Lipinski definition) is 3. The lowest BCUT2D eigenvalue weighted by Gasteiger charge is -2.36. The first-order valence-electron chi connectivity index (χ1n) is 11.7. The largest absolute Gasteiger partial charge is 0.475 e. The minimum absolute atomic E-state index is 0.139. The Balaban J connectivity index is 1.43. The lowest BCUT2D eigenvalue weighted by molar-refractivity contribution is -0.137. The van der Waals surface area contributed by atoms with Crippen LogP contribution in [0, 0.1) is 0 Å². The Hall–Kier alpha value is -3.61. The zero-order valence-electron chi connectivity index (χ0n) is 19.8. The molecule has 0 spiro atoms. The van der Waals surface area contributed by atoms with Gasteiger partial charge in [-0.3, -0.25) is 4.90 Å². The number of nitrogens with zero attached hydrogens (tertiary/aromatic N) is 4. The molecule has 2 amide bonds. The minimum Gasteiger partial charge on any atom is -0.475 e. The Labute approximate surface area is 220 Å². The van der Waals surface area contributed by atoms with Crippen molar-refractivity contribution in [3.8, 4) is 17.1 Å². The maximum atomic E-state index is 13.4. The highest BCUT2D eigenvalue weighted by atomic mass is 35.5. The van der Waals surface area contributed by atoms with Crippen molar-refractivity contribution in [3.63, 3.8) is 0 Å². The van der Waals surface area contributed by atoms with Crippen molar-refractivity contribution < 1.29 is 32.9 Å². The summed E-state index contributed by atoms with van der Waals surface area (Å²) in [5, 5.41) is 21.2. The van der Waals surface area contributed by atoms with Crippen LogP contribution in [-0.2, 0) is 6.18 Å². The lowest BCUT2D eigenvalue weighted by Crippen LogP contribution is -2.48. The molecule has 0 aliphatic carbocycles. The molecule has 13 heteroatoms. The van der Waals surface area contributed by atoms with Gasteiger partial charge in [0.15, 0.2) is 5.82 Å². The van der Waals surface area contributed by atoms with Crippen molar-refractivity contribution in [1.29, 1.82) is 0 Å². The SMILES string of the molecule is O=C(Nc1ccc(OCC(O)CO)nc1)N1c2nc(-c3cccc(C(F)(F)F)c3)c(Cl)cc2N2CC[C@H]1C2. The van der Waals surface area contributed by atoms with Gasteiger partial charge in [0, 0.05) is 24.7 Å². The van der Waals surface area contributed by atoms with E-state index in [0.717, 1.165) is 12.1 Å². The second-order valence-corrected chi connectivity index (χ2v) is 9.37. The molecule has 0 saturated carbocycles. The Bertz CT molecular complexity index is 1340. The van der Waals surface area contributed by atoms with Crippen molar-refractivity contribution in [2.45, 2.75) is 24.7 Å². The van der Waals surface area contributed by atoms with Crippen molar-refractivity contribution >= 4 is 34.8 Å². The fraction of sp³-hybridized carbons (Fsp3) is 0.320. The van der Waals surface area contributed by atoms with E-state index in [1.807, 2.05) is 4.90 Å². The van der Waals surface area contributed by atoms with Crippen LogP contribution in [-0.4, -0.2) is 64.7 Å². The Morgan fingerprint density at radius 2 is 2.08 bits per heavy atom. The number of urea groups is 1. The number of aliphatic hydroxyl groups is 2. The molecule has 38 heavy (non-hydrogen) atoms. The number of nitrogens with one attached hydrogen (secondary N) is 1. The molecule has 2 aliphatic rings. The molecule has 2 atom stereocenters. The van der Waals surface area contributed by atoms with Crippen LogP contribution in [0.1, 0.15) is 12.0 Å². The molecule has 200 valence electrons. The van der Waals surface area contributed by atoms with Gasteiger partial charge in [-0.05, 0) is 30.7 Å². The number of aromatic nitrogens is 2. The summed E-state index contributed by atoms with van der Waals surface area (Å²) < 4.78 is 45.2. The van der Waals surface area contributed by atoms with Crippen LogP contribution in [0.15, 0.2) is 48.7 Å². The predicted molar refractivity (Wildman–Crippen MR) is 135 cm³/mol. The molecule has 5 rings (SSSR count). The molecule has 3 N–H and O–H groups in total. The quantitative estimate of drug-likeness (QED) is 0.423. The number of carbonyl (C=O) groups is 1. The second kappa shape index (κ2) is 10.3. The first-order chi connectivity index (χ1) is 18.1. The first-order valence-corrected chi connectivity index (χ1v) is 12.1. The van der Waals surface area contributed by atoms with Gasteiger partial charge in [0.05, 0.1) is 46.5 Å². The van der Waals surface area contributed by atoms with Crippen LogP contribution >= 0.6 is 11.6 Å². The third kappa shape index (κ3) is 5.19. The van der Waals surface area contributed by atoms with Crippen LogP contribution in [0.5, 0.6) is 5.88 Å². The summed E-state index contributed by atoms with van der Waals surface area (Å²) in [4.78, 5) is 25.7.